The number of carbonyl (C=O) groups excluding carboxylic acids is 2. The number of carbonyl (C=O) groups is 2. The second-order valence-corrected chi connectivity index (χ2v) is 7.29. The van der Waals surface area contributed by atoms with Crippen molar-refractivity contribution >= 4 is 17.5 Å². The predicted molar refractivity (Wildman–Crippen MR) is 109 cm³/mol. The molecule has 1 N–H and O–H groups in total. The van der Waals surface area contributed by atoms with Crippen LogP contribution in [0.2, 0.25) is 0 Å². The number of aromatic nitrogens is 1. The standard InChI is InChI=1S/C23H25N3O2/c1-17(2)23(28)26-14-11-19(12-15-26)22(27)25-21-8-5-6-18(16-21)9-10-20-7-3-4-13-24-20/h3-8,13,16-17,19H,11-12,14-15H2,1-2H3,(H,25,27). The van der Waals surface area contributed by atoms with Gasteiger partial charge < -0.3 is 10.2 Å². The Balaban J connectivity index is 1.58. The number of rotatable bonds is 3. The molecule has 0 radical (unpaired) electrons. The van der Waals surface area contributed by atoms with Gasteiger partial charge in [0.05, 0.1) is 0 Å². The van der Waals surface area contributed by atoms with Gasteiger partial charge in [0.15, 0.2) is 0 Å². The van der Waals surface area contributed by atoms with E-state index >= 15 is 0 Å². The zero-order valence-electron chi connectivity index (χ0n) is 16.3. The van der Waals surface area contributed by atoms with Crippen molar-refractivity contribution < 1.29 is 9.59 Å². The molecule has 28 heavy (non-hydrogen) atoms. The maximum atomic E-state index is 12.6. The molecule has 1 aromatic heterocycles. The predicted octanol–water partition coefficient (Wildman–Crippen LogP) is 3.31. The summed E-state index contributed by atoms with van der Waals surface area (Å²) in [5, 5.41) is 2.99. The molecule has 0 aliphatic carbocycles. The lowest BCUT2D eigenvalue weighted by molar-refractivity contribution is -0.137. The lowest BCUT2D eigenvalue weighted by Gasteiger charge is -2.32. The van der Waals surface area contributed by atoms with E-state index in [2.05, 4.69) is 22.1 Å². The van der Waals surface area contributed by atoms with Crippen LogP contribution in [0.3, 0.4) is 0 Å². The van der Waals surface area contributed by atoms with Crippen LogP contribution >= 0.6 is 0 Å². The molecule has 2 amide bonds. The van der Waals surface area contributed by atoms with Gasteiger partial charge in [0.2, 0.25) is 11.8 Å². The molecule has 5 nitrogen and oxygen atoms in total. The second kappa shape index (κ2) is 9.18. The van der Waals surface area contributed by atoms with Crippen LogP contribution in [0.1, 0.15) is 37.9 Å². The summed E-state index contributed by atoms with van der Waals surface area (Å²) in [5.74, 6) is 6.19. The van der Waals surface area contributed by atoms with E-state index < -0.39 is 0 Å². The van der Waals surface area contributed by atoms with Gasteiger partial charge in [-0.15, -0.1) is 0 Å². The zero-order valence-corrected chi connectivity index (χ0v) is 16.3. The molecule has 1 fully saturated rings. The van der Waals surface area contributed by atoms with Gasteiger partial charge in [0.25, 0.3) is 0 Å². The smallest absolute Gasteiger partial charge is 0.227 e. The second-order valence-electron chi connectivity index (χ2n) is 7.29. The highest BCUT2D eigenvalue weighted by atomic mass is 16.2. The fourth-order valence-corrected chi connectivity index (χ4v) is 3.22. The molecule has 5 heteroatoms. The molecule has 0 atom stereocenters. The molecule has 144 valence electrons. The summed E-state index contributed by atoms with van der Waals surface area (Å²) >= 11 is 0. The van der Waals surface area contributed by atoms with E-state index in [1.165, 1.54) is 0 Å². The fourth-order valence-electron chi connectivity index (χ4n) is 3.22. The van der Waals surface area contributed by atoms with Crippen molar-refractivity contribution in [2.75, 3.05) is 18.4 Å². The summed E-state index contributed by atoms with van der Waals surface area (Å²) in [4.78, 5) is 30.7. The highest BCUT2D eigenvalue weighted by Gasteiger charge is 2.28. The average Bonchev–Trinajstić information content (AvgIpc) is 2.73. The molecule has 1 aliphatic rings. The van der Waals surface area contributed by atoms with Gasteiger partial charge in [-0.1, -0.05) is 31.9 Å². The average molecular weight is 375 g/mol. The van der Waals surface area contributed by atoms with Crippen LogP contribution in [0, 0.1) is 23.7 Å². The fraction of sp³-hybridized carbons (Fsp3) is 0.348. The van der Waals surface area contributed by atoms with E-state index in [-0.39, 0.29) is 23.7 Å². The molecular weight excluding hydrogens is 350 g/mol. The van der Waals surface area contributed by atoms with Gasteiger partial charge in [-0.3, -0.25) is 9.59 Å². The zero-order chi connectivity index (χ0) is 19.9. The molecule has 0 saturated carbocycles. The van der Waals surface area contributed by atoms with Crippen LogP contribution in [0.5, 0.6) is 0 Å². The Labute approximate surface area is 166 Å². The lowest BCUT2D eigenvalue weighted by Crippen LogP contribution is -2.43. The third-order valence-corrected chi connectivity index (χ3v) is 4.80. The molecular formula is C23H25N3O2. The Hall–Kier alpha value is -3.13. The van der Waals surface area contributed by atoms with E-state index in [1.807, 2.05) is 61.2 Å². The first kappa shape index (κ1) is 19.6. The molecule has 0 spiro atoms. The summed E-state index contributed by atoms with van der Waals surface area (Å²) in [5.41, 5.74) is 2.26. The summed E-state index contributed by atoms with van der Waals surface area (Å²) in [6.07, 6.45) is 3.10. The molecule has 1 saturated heterocycles. The van der Waals surface area contributed by atoms with Crippen LogP contribution < -0.4 is 5.32 Å². The van der Waals surface area contributed by atoms with Crippen molar-refractivity contribution in [1.82, 2.24) is 9.88 Å². The Bertz CT molecular complexity index is 889. The van der Waals surface area contributed by atoms with E-state index in [0.29, 0.717) is 31.6 Å². The summed E-state index contributed by atoms with van der Waals surface area (Å²) in [7, 11) is 0. The van der Waals surface area contributed by atoms with Crippen LogP contribution in [0.15, 0.2) is 48.7 Å². The lowest BCUT2D eigenvalue weighted by atomic mass is 9.95. The maximum Gasteiger partial charge on any atom is 0.227 e. The number of nitrogens with one attached hydrogen (secondary N) is 1. The molecule has 0 bridgehead atoms. The molecule has 1 aliphatic heterocycles. The van der Waals surface area contributed by atoms with Crippen molar-refractivity contribution in [3.8, 4) is 11.8 Å². The first-order chi connectivity index (χ1) is 13.5. The van der Waals surface area contributed by atoms with Gasteiger partial charge in [-0.05, 0) is 49.1 Å². The van der Waals surface area contributed by atoms with Gasteiger partial charge in [0.1, 0.15) is 5.69 Å². The number of likely N-dealkylation sites (tertiary alicyclic amines) is 1. The van der Waals surface area contributed by atoms with Crippen LogP contribution in [-0.4, -0.2) is 34.8 Å². The number of pyridine rings is 1. The van der Waals surface area contributed by atoms with Crippen molar-refractivity contribution in [3.63, 3.8) is 0 Å². The largest absolute Gasteiger partial charge is 0.342 e. The number of hydrogen-bond acceptors (Lipinski definition) is 3. The first-order valence-corrected chi connectivity index (χ1v) is 9.65. The minimum absolute atomic E-state index is 0.000289. The van der Waals surface area contributed by atoms with Gasteiger partial charge in [-0.25, -0.2) is 4.98 Å². The number of piperidine rings is 1. The van der Waals surface area contributed by atoms with Gasteiger partial charge >= 0.3 is 0 Å². The highest BCUT2D eigenvalue weighted by molar-refractivity contribution is 5.93. The number of benzene rings is 1. The Morgan fingerprint density at radius 3 is 2.57 bits per heavy atom. The highest BCUT2D eigenvalue weighted by Crippen LogP contribution is 2.21. The summed E-state index contributed by atoms with van der Waals surface area (Å²) in [6, 6.07) is 13.1. The normalized spacial score (nSPS) is 14.3. The molecule has 2 heterocycles. The third-order valence-electron chi connectivity index (χ3n) is 4.80. The molecule has 0 unspecified atom stereocenters. The summed E-state index contributed by atoms with van der Waals surface area (Å²) in [6.45, 7) is 5.10. The van der Waals surface area contributed by atoms with Crippen LogP contribution in [0.4, 0.5) is 5.69 Å². The number of anilines is 1. The molecule has 2 aromatic rings. The van der Waals surface area contributed by atoms with Gasteiger partial charge in [0, 0.05) is 42.4 Å². The van der Waals surface area contributed by atoms with Crippen molar-refractivity contribution in [1.29, 1.82) is 0 Å². The molecule has 1 aromatic carbocycles. The maximum absolute atomic E-state index is 12.6. The third kappa shape index (κ3) is 5.20. The molecule has 3 rings (SSSR count). The number of hydrogen-bond donors (Lipinski definition) is 1. The van der Waals surface area contributed by atoms with E-state index in [0.717, 1.165) is 11.3 Å². The van der Waals surface area contributed by atoms with Gasteiger partial charge in [-0.2, -0.15) is 0 Å². The van der Waals surface area contributed by atoms with Crippen molar-refractivity contribution in [2.24, 2.45) is 11.8 Å². The minimum Gasteiger partial charge on any atom is -0.342 e. The van der Waals surface area contributed by atoms with Crippen LogP contribution in [0.25, 0.3) is 0 Å². The quantitative estimate of drug-likeness (QED) is 0.837. The van der Waals surface area contributed by atoms with E-state index in [1.54, 1.807) is 6.20 Å². The Morgan fingerprint density at radius 2 is 1.89 bits per heavy atom. The Morgan fingerprint density at radius 1 is 1.11 bits per heavy atom. The minimum atomic E-state index is -0.0699. The topological polar surface area (TPSA) is 62.3 Å². The Kier molecular flexibility index (Phi) is 6.44. The number of amides is 2. The van der Waals surface area contributed by atoms with E-state index in [9.17, 15) is 9.59 Å². The summed E-state index contributed by atoms with van der Waals surface area (Å²) < 4.78 is 0. The monoisotopic (exact) mass is 375 g/mol. The number of nitrogens with zero attached hydrogens (tertiary/aromatic N) is 2. The SMILES string of the molecule is CC(C)C(=O)N1CCC(C(=O)Nc2cccc(C#Cc3ccccn3)c2)CC1. The van der Waals surface area contributed by atoms with E-state index in [4.69, 9.17) is 0 Å². The van der Waals surface area contributed by atoms with Crippen molar-refractivity contribution in [2.45, 2.75) is 26.7 Å². The first-order valence-electron chi connectivity index (χ1n) is 9.65. The van der Waals surface area contributed by atoms with Crippen molar-refractivity contribution in [3.05, 3.63) is 59.9 Å². The van der Waals surface area contributed by atoms with Crippen LogP contribution in [-0.2, 0) is 9.59 Å².